The molecule has 0 aromatic carbocycles. The maximum Gasteiger partial charge on any atom is 0.0553 e. The Hall–Kier alpha value is -0.890. The summed E-state index contributed by atoms with van der Waals surface area (Å²) in [6.45, 7) is 1.77. The van der Waals surface area contributed by atoms with Gasteiger partial charge in [-0.05, 0) is 25.0 Å². The van der Waals surface area contributed by atoms with Gasteiger partial charge in [-0.2, -0.15) is 0 Å². The van der Waals surface area contributed by atoms with E-state index < -0.39 is 0 Å². The molecule has 54 valence electrons. The molecule has 1 N–H and O–H groups in total. The van der Waals surface area contributed by atoms with E-state index >= 15 is 0 Å². The lowest BCUT2D eigenvalue weighted by molar-refractivity contribution is 0.195. The molecule has 0 aliphatic carbocycles. The van der Waals surface area contributed by atoms with Crippen LogP contribution in [0.1, 0.15) is 12.5 Å². The second kappa shape index (κ2) is 3.32. The van der Waals surface area contributed by atoms with Crippen LogP contribution in [0.3, 0.4) is 0 Å². The van der Waals surface area contributed by atoms with Gasteiger partial charge in [0.05, 0.1) is 6.10 Å². The van der Waals surface area contributed by atoms with Gasteiger partial charge in [0.2, 0.25) is 0 Å². The van der Waals surface area contributed by atoms with Crippen LogP contribution in [0, 0.1) is 0 Å². The Morgan fingerprint density at radius 1 is 1.70 bits per heavy atom. The largest absolute Gasteiger partial charge is 0.393 e. The van der Waals surface area contributed by atoms with E-state index in [2.05, 4.69) is 4.98 Å². The molecular formula is C8H11NO. The van der Waals surface area contributed by atoms with Gasteiger partial charge in [-0.15, -0.1) is 0 Å². The van der Waals surface area contributed by atoms with E-state index in [0.717, 1.165) is 5.56 Å². The van der Waals surface area contributed by atoms with Crippen molar-refractivity contribution >= 4 is 0 Å². The number of hydrogen-bond acceptors (Lipinski definition) is 2. The van der Waals surface area contributed by atoms with Crippen LogP contribution in [0.5, 0.6) is 0 Å². The highest BCUT2D eigenvalue weighted by molar-refractivity contribution is 5.08. The number of aromatic nitrogens is 1. The lowest BCUT2D eigenvalue weighted by Crippen LogP contribution is -2.03. The number of aliphatic hydroxyl groups excluding tert-OH is 1. The van der Waals surface area contributed by atoms with Crippen LogP contribution in [0.25, 0.3) is 0 Å². The molecule has 0 fully saturated rings. The predicted molar refractivity (Wildman–Crippen MR) is 39.6 cm³/mol. The molecule has 0 saturated heterocycles. The molecule has 0 spiro atoms. The fourth-order valence-corrected chi connectivity index (χ4v) is 0.860. The third kappa shape index (κ3) is 2.15. The van der Waals surface area contributed by atoms with Crippen LogP contribution in [-0.2, 0) is 6.42 Å². The standard InChI is InChI=1S/C8H11NO/c1-7(10)5-8-3-2-4-9-6-8/h2-4,6-7,10H,5H2,1H3. The summed E-state index contributed by atoms with van der Waals surface area (Å²) in [5.41, 5.74) is 1.08. The lowest BCUT2D eigenvalue weighted by atomic mass is 10.1. The van der Waals surface area contributed by atoms with Gasteiger partial charge < -0.3 is 5.11 Å². The molecule has 0 aliphatic heterocycles. The fourth-order valence-electron chi connectivity index (χ4n) is 0.860. The van der Waals surface area contributed by atoms with Crippen molar-refractivity contribution < 1.29 is 5.11 Å². The van der Waals surface area contributed by atoms with Gasteiger partial charge >= 0.3 is 0 Å². The topological polar surface area (TPSA) is 33.1 Å². The SMILES string of the molecule is CC(O)Cc1cccnc1. The van der Waals surface area contributed by atoms with Gasteiger partial charge in [-0.25, -0.2) is 0 Å². The first kappa shape index (κ1) is 7.22. The molecule has 0 bridgehead atoms. The molecule has 1 atom stereocenters. The molecule has 0 saturated carbocycles. The zero-order chi connectivity index (χ0) is 7.40. The van der Waals surface area contributed by atoms with Crippen molar-refractivity contribution in [2.45, 2.75) is 19.4 Å². The molecule has 0 aliphatic rings. The molecule has 1 aromatic rings. The van der Waals surface area contributed by atoms with Gasteiger partial charge in [0, 0.05) is 12.4 Å². The van der Waals surface area contributed by atoms with Gasteiger partial charge in [0.25, 0.3) is 0 Å². The van der Waals surface area contributed by atoms with Crippen LogP contribution in [-0.4, -0.2) is 16.2 Å². The van der Waals surface area contributed by atoms with E-state index in [0.29, 0.717) is 6.42 Å². The first-order chi connectivity index (χ1) is 4.79. The molecule has 1 aromatic heterocycles. The molecule has 10 heavy (non-hydrogen) atoms. The minimum atomic E-state index is -0.274. The van der Waals surface area contributed by atoms with Crippen LogP contribution < -0.4 is 0 Å². The van der Waals surface area contributed by atoms with Crippen LogP contribution in [0.2, 0.25) is 0 Å². The summed E-state index contributed by atoms with van der Waals surface area (Å²) in [7, 11) is 0. The number of aliphatic hydroxyl groups is 1. The summed E-state index contributed by atoms with van der Waals surface area (Å²) in [6.07, 6.45) is 3.91. The summed E-state index contributed by atoms with van der Waals surface area (Å²) in [4.78, 5) is 3.93. The first-order valence-electron chi connectivity index (χ1n) is 3.36. The number of hydrogen-bond donors (Lipinski definition) is 1. The smallest absolute Gasteiger partial charge is 0.0553 e. The van der Waals surface area contributed by atoms with Gasteiger partial charge in [0.15, 0.2) is 0 Å². The maximum atomic E-state index is 8.98. The van der Waals surface area contributed by atoms with Gasteiger partial charge in [-0.3, -0.25) is 4.98 Å². The zero-order valence-electron chi connectivity index (χ0n) is 5.99. The molecule has 1 unspecified atom stereocenters. The third-order valence-electron chi connectivity index (χ3n) is 1.25. The van der Waals surface area contributed by atoms with Crippen molar-refractivity contribution in [3.8, 4) is 0 Å². The lowest BCUT2D eigenvalue weighted by Gasteiger charge is -2.01. The first-order valence-corrected chi connectivity index (χ1v) is 3.36. The second-order valence-electron chi connectivity index (χ2n) is 2.41. The van der Waals surface area contributed by atoms with Crippen molar-refractivity contribution in [2.24, 2.45) is 0 Å². The Morgan fingerprint density at radius 2 is 2.50 bits per heavy atom. The van der Waals surface area contributed by atoms with E-state index in [4.69, 9.17) is 5.11 Å². The molecule has 0 radical (unpaired) electrons. The van der Waals surface area contributed by atoms with Gasteiger partial charge in [0.1, 0.15) is 0 Å². The van der Waals surface area contributed by atoms with Crippen LogP contribution in [0.4, 0.5) is 0 Å². The van der Waals surface area contributed by atoms with E-state index in [1.165, 1.54) is 0 Å². The monoisotopic (exact) mass is 137 g/mol. The molecule has 1 rings (SSSR count). The van der Waals surface area contributed by atoms with Crippen molar-refractivity contribution in [3.05, 3.63) is 30.1 Å². The highest BCUT2D eigenvalue weighted by Gasteiger charge is 1.96. The Kier molecular flexibility index (Phi) is 2.40. The van der Waals surface area contributed by atoms with Gasteiger partial charge in [-0.1, -0.05) is 6.07 Å². The predicted octanol–water partition coefficient (Wildman–Crippen LogP) is 1.00. The van der Waals surface area contributed by atoms with E-state index in [9.17, 15) is 0 Å². The molecular weight excluding hydrogens is 126 g/mol. The van der Waals surface area contributed by atoms with Crippen LogP contribution in [0.15, 0.2) is 24.5 Å². The minimum absolute atomic E-state index is 0.274. The van der Waals surface area contributed by atoms with E-state index in [-0.39, 0.29) is 6.10 Å². The summed E-state index contributed by atoms with van der Waals surface area (Å²) in [6, 6.07) is 3.83. The number of rotatable bonds is 2. The van der Waals surface area contributed by atoms with Crippen LogP contribution >= 0.6 is 0 Å². The average molecular weight is 137 g/mol. The third-order valence-corrected chi connectivity index (χ3v) is 1.25. The quantitative estimate of drug-likeness (QED) is 0.659. The Bertz CT molecular complexity index is 184. The summed E-state index contributed by atoms with van der Waals surface area (Å²) >= 11 is 0. The number of nitrogens with zero attached hydrogens (tertiary/aromatic N) is 1. The molecule has 1 heterocycles. The Balaban J connectivity index is 2.59. The van der Waals surface area contributed by atoms with Crippen molar-refractivity contribution in [3.63, 3.8) is 0 Å². The maximum absolute atomic E-state index is 8.98. The number of pyridine rings is 1. The summed E-state index contributed by atoms with van der Waals surface area (Å²) in [5, 5.41) is 8.98. The minimum Gasteiger partial charge on any atom is -0.393 e. The average Bonchev–Trinajstić information content (AvgIpc) is 1.88. The van der Waals surface area contributed by atoms with E-state index in [1.807, 2.05) is 12.1 Å². The normalized spacial score (nSPS) is 13.0. The van der Waals surface area contributed by atoms with E-state index in [1.54, 1.807) is 19.3 Å². The Labute approximate surface area is 60.5 Å². The molecule has 2 nitrogen and oxygen atoms in total. The summed E-state index contributed by atoms with van der Waals surface area (Å²) in [5.74, 6) is 0. The molecule has 2 heteroatoms. The van der Waals surface area contributed by atoms with Crippen molar-refractivity contribution in [1.29, 1.82) is 0 Å². The fraction of sp³-hybridized carbons (Fsp3) is 0.375. The van der Waals surface area contributed by atoms with Crippen molar-refractivity contribution in [2.75, 3.05) is 0 Å². The van der Waals surface area contributed by atoms with Crippen molar-refractivity contribution in [1.82, 2.24) is 4.98 Å². The molecule has 0 amide bonds. The summed E-state index contributed by atoms with van der Waals surface area (Å²) < 4.78 is 0. The Morgan fingerprint density at radius 3 is 3.00 bits per heavy atom. The highest BCUT2D eigenvalue weighted by atomic mass is 16.3. The zero-order valence-corrected chi connectivity index (χ0v) is 5.99. The highest BCUT2D eigenvalue weighted by Crippen LogP contribution is 1.99. The second-order valence-corrected chi connectivity index (χ2v) is 2.41.